The molecule has 7 nitrogen and oxygen atoms in total. The number of aromatic hydroxyl groups is 1. The Bertz CT molecular complexity index is 836. The number of rotatable bonds is 5. The Kier molecular flexibility index (Phi) is 6.82. The summed E-state index contributed by atoms with van der Waals surface area (Å²) in [7, 11) is 0. The second-order valence-electron chi connectivity index (χ2n) is 4.97. The van der Waals surface area contributed by atoms with Gasteiger partial charge in [-0.1, -0.05) is 23.2 Å². The number of hydrogen-bond donors (Lipinski definition) is 3. The quantitative estimate of drug-likeness (QED) is 0.411. The summed E-state index contributed by atoms with van der Waals surface area (Å²) in [5, 5.41) is 16.3. The average molecular weight is 396 g/mol. The number of nitrogens with one attached hydrogen (secondary N) is 2. The van der Waals surface area contributed by atoms with E-state index in [2.05, 4.69) is 15.8 Å². The molecule has 0 unspecified atom stereocenters. The minimum atomic E-state index is -0.971. The molecule has 0 aliphatic carbocycles. The summed E-state index contributed by atoms with van der Waals surface area (Å²) in [5.41, 5.74) is 2.94. The summed E-state index contributed by atoms with van der Waals surface area (Å²) in [4.78, 5) is 23.6. The average Bonchev–Trinajstić information content (AvgIpc) is 2.56. The summed E-state index contributed by atoms with van der Waals surface area (Å²) in [6.45, 7) is 2.17. The van der Waals surface area contributed by atoms with Crippen molar-refractivity contribution in [3.8, 4) is 11.5 Å². The van der Waals surface area contributed by atoms with Gasteiger partial charge in [0.15, 0.2) is 11.5 Å². The van der Waals surface area contributed by atoms with Crippen molar-refractivity contribution in [2.24, 2.45) is 5.10 Å². The summed E-state index contributed by atoms with van der Waals surface area (Å²) >= 11 is 11.6. The zero-order valence-corrected chi connectivity index (χ0v) is 15.1. The van der Waals surface area contributed by atoms with Gasteiger partial charge < -0.3 is 15.2 Å². The first-order chi connectivity index (χ1) is 12.4. The molecular weight excluding hydrogens is 381 g/mol. The first kappa shape index (κ1) is 19.6. The molecule has 0 fully saturated rings. The fourth-order valence-corrected chi connectivity index (χ4v) is 2.44. The van der Waals surface area contributed by atoms with Gasteiger partial charge in [-0.15, -0.1) is 0 Å². The molecule has 9 heteroatoms. The van der Waals surface area contributed by atoms with Crippen LogP contribution in [0.15, 0.2) is 41.5 Å². The summed E-state index contributed by atoms with van der Waals surface area (Å²) in [6.07, 6.45) is 1.31. The van der Waals surface area contributed by atoms with Crippen molar-refractivity contribution < 1.29 is 19.4 Å². The van der Waals surface area contributed by atoms with E-state index in [1.54, 1.807) is 19.1 Å². The Morgan fingerprint density at radius 1 is 1.15 bits per heavy atom. The Labute approximate surface area is 159 Å². The zero-order chi connectivity index (χ0) is 19.1. The molecule has 136 valence electrons. The zero-order valence-electron chi connectivity index (χ0n) is 13.6. The molecule has 0 radical (unpaired) electrons. The van der Waals surface area contributed by atoms with Crippen molar-refractivity contribution in [2.45, 2.75) is 6.92 Å². The van der Waals surface area contributed by atoms with E-state index in [0.29, 0.717) is 28.0 Å². The SMILES string of the molecule is CCOc1cc(/C=N\NC(=O)C(=O)Nc2cc(Cl)cc(Cl)c2)ccc1O. The number of amides is 2. The van der Waals surface area contributed by atoms with Gasteiger partial charge in [0.05, 0.1) is 12.8 Å². The fraction of sp³-hybridized carbons (Fsp3) is 0.118. The van der Waals surface area contributed by atoms with Crippen molar-refractivity contribution >= 4 is 46.9 Å². The molecule has 2 aromatic carbocycles. The van der Waals surface area contributed by atoms with Crippen LogP contribution in [0.2, 0.25) is 10.0 Å². The molecule has 2 amide bonds. The number of ether oxygens (including phenoxy) is 1. The van der Waals surface area contributed by atoms with E-state index in [9.17, 15) is 14.7 Å². The highest BCUT2D eigenvalue weighted by molar-refractivity contribution is 6.40. The third kappa shape index (κ3) is 5.65. The van der Waals surface area contributed by atoms with E-state index in [0.717, 1.165) is 0 Å². The van der Waals surface area contributed by atoms with Gasteiger partial charge in [0, 0.05) is 15.7 Å². The van der Waals surface area contributed by atoms with Crippen LogP contribution in [0.1, 0.15) is 12.5 Å². The highest BCUT2D eigenvalue weighted by Gasteiger charge is 2.13. The Balaban J connectivity index is 1.96. The molecule has 2 aromatic rings. The molecule has 0 aromatic heterocycles. The number of phenolic OH excluding ortho intramolecular Hbond substituents is 1. The van der Waals surface area contributed by atoms with Gasteiger partial charge in [-0.3, -0.25) is 9.59 Å². The Morgan fingerprint density at radius 2 is 1.85 bits per heavy atom. The second-order valence-corrected chi connectivity index (χ2v) is 5.84. The van der Waals surface area contributed by atoms with Crippen molar-refractivity contribution in [1.29, 1.82) is 0 Å². The van der Waals surface area contributed by atoms with Crippen LogP contribution in [0.5, 0.6) is 11.5 Å². The van der Waals surface area contributed by atoms with Crippen LogP contribution in [0.25, 0.3) is 0 Å². The van der Waals surface area contributed by atoms with Crippen LogP contribution in [-0.2, 0) is 9.59 Å². The molecule has 0 saturated heterocycles. The third-order valence-electron chi connectivity index (χ3n) is 2.99. The standard InChI is InChI=1S/C17H15Cl2N3O4/c1-2-26-15-5-10(3-4-14(15)23)9-20-22-17(25)16(24)21-13-7-11(18)6-12(19)8-13/h3-9,23H,2H2,1H3,(H,21,24)(H,22,25)/b20-9-. The lowest BCUT2D eigenvalue weighted by molar-refractivity contribution is -0.136. The minimum absolute atomic E-state index is 0.00686. The molecular formula is C17H15Cl2N3O4. The number of benzene rings is 2. The molecule has 3 N–H and O–H groups in total. The van der Waals surface area contributed by atoms with Gasteiger partial charge in [-0.25, -0.2) is 5.43 Å². The lowest BCUT2D eigenvalue weighted by Gasteiger charge is -2.06. The van der Waals surface area contributed by atoms with Crippen LogP contribution in [0.3, 0.4) is 0 Å². The van der Waals surface area contributed by atoms with Crippen LogP contribution in [0.4, 0.5) is 5.69 Å². The molecule has 2 rings (SSSR count). The van der Waals surface area contributed by atoms with Gasteiger partial charge in [-0.05, 0) is 48.9 Å². The highest BCUT2D eigenvalue weighted by Crippen LogP contribution is 2.26. The number of nitrogens with zero attached hydrogens (tertiary/aromatic N) is 1. The van der Waals surface area contributed by atoms with Crippen molar-refractivity contribution in [2.75, 3.05) is 11.9 Å². The lowest BCUT2D eigenvalue weighted by atomic mass is 10.2. The van der Waals surface area contributed by atoms with Crippen LogP contribution in [0, 0.1) is 0 Å². The maximum atomic E-state index is 11.8. The van der Waals surface area contributed by atoms with E-state index >= 15 is 0 Å². The first-order valence-electron chi connectivity index (χ1n) is 7.45. The van der Waals surface area contributed by atoms with Crippen molar-refractivity contribution in [3.05, 3.63) is 52.0 Å². The molecule has 0 saturated carbocycles. The third-order valence-corrected chi connectivity index (χ3v) is 3.43. The molecule has 0 bridgehead atoms. The number of hydrazone groups is 1. The summed E-state index contributed by atoms with van der Waals surface area (Å²) < 4.78 is 5.24. The molecule has 0 spiro atoms. The van der Waals surface area contributed by atoms with E-state index in [4.69, 9.17) is 27.9 Å². The molecule has 0 aliphatic heterocycles. The van der Waals surface area contributed by atoms with Crippen molar-refractivity contribution in [1.82, 2.24) is 5.43 Å². The minimum Gasteiger partial charge on any atom is -0.504 e. The Hall–Kier alpha value is -2.77. The van der Waals surface area contributed by atoms with Gasteiger partial charge in [0.25, 0.3) is 0 Å². The number of carbonyl (C=O) groups is 2. The van der Waals surface area contributed by atoms with Gasteiger partial charge in [-0.2, -0.15) is 5.10 Å². The number of phenols is 1. The topological polar surface area (TPSA) is 100 Å². The number of halogens is 2. The maximum absolute atomic E-state index is 11.8. The smallest absolute Gasteiger partial charge is 0.329 e. The number of carbonyl (C=O) groups excluding carboxylic acids is 2. The molecule has 26 heavy (non-hydrogen) atoms. The number of hydrogen-bond acceptors (Lipinski definition) is 5. The molecule has 0 heterocycles. The maximum Gasteiger partial charge on any atom is 0.329 e. The fourth-order valence-electron chi connectivity index (χ4n) is 1.91. The van der Waals surface area contributed by atoms with E-state index in [1.165, 1.54) is 30.5 Å². The highest BCUT2D eigenvalue weighted by atomic mass is 35.5. The second kappa shape index (κ2) is 9.07. The first-order valence-corrected chi connectivity index (χ1v) is 8.21. The van der Waals surface area contributed by atoms with Crippen LogP contribution < -0.4 is 15.5 Å². The molecule has 0 atom stereocenters. The van der Waals surface area contributed by atoms with Gasteiger partial charge >= 0.3 is 11.8 Å². The van der Waals surface area contributed by atoms with E-state index in [1.807, 2.05) is 0 Å². The molecule has 0 aliphatic rings. The predicted octanol–water partition coefficient (Wildman–Crippen LogP) is 3.19. The van der Waals surface area contributed by atoms with Crippen LogP contribution >= 0.6 is 23.2 Å². The monoisotopic (exact) mass is 395 g/mol. The van der Waals surface area contributed by atoms with Gasteiger partial charge in [0.1, 0.15) is 0 Å². The van der Waals surface area contributed by atoms with Crippen molar-refractivity contribution in [3.63, 3.8) is 0 Å². The van der Waals surface area contributed by atoms with E-state index in [-0.39, 0.29) is 11.4 Å². The van der Waals surface area contributed by atoms with E-state index < -0.39 is 11.8 Å². The normalized spacial score (nSPS) is 10.6. The predicted molar refractivity (Wildman–Crippen MR) is 100 cm³/mol. The Morgan fingerprint density at radius 3 is 2.50 bits per heavy atom. The number of anilines is 1. The largest absolute Gasteiger partial charge is 0.504 e. The summed E-state index contributed by atoms with van der Waals surface area (Å²) in [6, 6.07) is 8.95. The van der Waals surface area contributed by atoms with Crippen LogP contribution in [-0.4, -0.2) is 29.7 Å². The van der Waals surface area contributed by atoms with Gasteiger partial charge in [0.2, 0.25) is 0 Å². The summed E-state index contributed by atoms with van der Waals surface area (Å²) in [5.74, 6) is -1.62. The lowest BCUT2D eigenvalue weighted by Crippen LogP contribution is -2.32.